The summed E-state index contributed by atoms with van der Waals surface area (Å²) in [5.74, 6) is 8.65. The third kappa shape index (κ3) is 6.27. The molecule has 0 radical (unpaired) electrons. The van der Waals surface area contributed by atoms with E-state index < -0.39 is 0 Å². The zero-order valence-electron chi connectivity index (χ0n) is 14.1. The summed E-state index contributed by atoms with van der Waals surface area (Å²) in [5.41, 5.74) is 2.62. The molecule has 1 atom stereocenters. The van der Waals surface area contributed by atoms with Gasteiger partial charge in [-0.1, -0.05) is 27.7 Å². The van der Waals surface area contributed by atoms with Crippen LogP contribution in [0.1, 0.15) is 45.9 Å². The van der Waals surface area contributed by atoms with Crippen LogP contribution in [0.5, 0.6) is 0 Å². The molecule has 0 aliphatic rings. The third-order valence-corrected chi connectivity index (χ3v) is 3.10. The Balaban J connectivity index is 2.93. The summed E-state index contributed by atoms with van der Waals surface area (Å²) in [6.45, 7) is 9.58. The fraction of sp³-hybridized carbons (Fsp3) is 0.733. The normalized spacial score (nSPS) is 13.0. The Labute approximate surface area is 128 Å². The van der Waals surface area contributed by atoms with Crippen molar-refractivity contribution in [1.29, 1.82) is 0 Å². The molecule has 0 aliphatic carbocycles. The number of nitrogens with one attached hydrogen (secondary N) is 2. The van der Waals surface area contributed by atoms with E-state index in [0.29, 0.717) is 17.8 Å². The molecule has 1 heterocycles. The van der Waals surface area contributed by atoms with Gasteiger partial charge in [0.1, 0.15) is 17.5 Å². The van der Waals surface area contributed by atoms with Crippen molar-refractivity contribution < 1.29 is 0 Å². The topological polar surface area (TPSA) is 79.1 Å². The molecule has 6 heteroatoms. The second-order valence-electron chi connectivity index (χ2n) is 6.53. The number of likely N-dealkylation sites (N-methyl/N-ethyl adjacent to an activating group) is 1. The summed E-state index contributed by atoms with van der Waals surface area (Å²) in [6.07, 6.45) is 1.09. The zero-order chi connectivity index (χ0) is 16.0. The molecule has 0 amide bonds. The molecule has 0 spiro atoms. The van der Waals surface area contributed by atoms with Crippen LogP contribution in [0, 0.1) is 5.92 Å². The summed E-state index contributed by atoms with van der Waals surface area (Å²) in [6, 6.07) is 2.20. The summed E-state index contributed by atoms with van der Waals surface area (Å²) in [4.78, 5) is 11.2. The van der Waals surface area contributed by atoms with Gasteiger partial charge in [-0.15, -0.1) is 0 Å². The van der Waals surface area contributed by atoms with E-state index in [2.05, 4.69) is 67.4 Å². The van der Waals surface area contributed by atoms with Gasteiger partial charge in [-0.2, -0.15) is 0 Å². The maximum Gasteiger partial charge on any atom is 0.145 e. The minimum absolute atomic E-state index is 0.260. The Hall–Kier alpha value is -1.40. The predicted molar refractivity (Wildman–Crippen MR) is 89.4 cm³/mol. The number of aromatic nitrogens is 2. The van der Waals surface area contributed by atoms with Crippen LogP contribution in [0.25, 0.3) is 0 Å². The lowest BCUT2D eigenvalue weighted by molar-refractivity contribution is 0.356. The first kappa shape index (κ1) is 17.7. The number of hydrazine groups is 1. The molecular formula is C15H30N6. The highest BCUT2D eigenvalue weighted by Crippen LogP contribution is 2.18. The van der Waals surface area contributed by atoms with Crippen molar-refractivity contribution >= 4 is 11.6 Å². The van der Waals surface area contributed by atoms with Crippen molar-refractivity contribution in [1.82, 2.24) is 14.9 Å². The Kier molecular flexibility index (Phi) is 6.84. The number of rotatable bonds is 8. The van der Waals surface area contributed by atoms with E-state index in [4.69, 9.17) is 5.84 Å². The highest BCUT2D eigenvalue weighted by atomic mass is 15.3. The second kappa shape index (κ2) is 8.14. The van der Waals surface area contributed by atoms with Gasteiger partial charge in [0.15, 0.2) is 0 Å². The van der Waals surface area contributed by atoms with E-state index in [0.717, 1.165) is 24.6 Å². The molecule has 0 bridgehead atoms. The van der Waals surface area contributed by atoms with Crippen LogP contribution in [0.15, 0.2) is 6.07 Å². The van der Waals surface area contributed by atoms with Crippen LogP contribution in [0.2, 0.25) is 0 Å². The molecule has 120 valence electrons. The molecule has 1 aromatic heterocycles. The maximum atomic E-state index is 5.50. The van der Waals surface area contributed by atoms with Gasteiger partial charge >= 0.3 is 0 Å². The SMILES string of the molecule is CC(C)CC(CN(C)C)Nc1cc(NN)nc(C(C)C)n1. The number of anilines is 2. The lowest BCUT2D eigenvalue weighted by atomic mass is 10.0. The van der Waals surface area contributed by atoms with Gasteiger partial charge in [0.05, 0.1) is 0 Å². The summed E-state index contributed by atoms with van der Waals surface area (Å²) in [7, 11) is 4.17. The van der Waals surface area contributed by atoms with Gasteiger partial charge in [-0.05, 0) is 26.4 Å². The molecule has 0 aliphatic heterocycles. The Bertz CT molecular complexity index is 420. The van der Waals surface area contributed by atoms with Gasteiger partial charge in [0.2, 0.25) is 0 Å². The summed E-state index contributed by atoms with van der Waals surface area (Å²) in [5, 5.41) is 3.52. The first-order valence-electron chi connectivity index (χ1n) is 7.58. The van der Waals surface area contributed by atoms with E-state index in [9.17, 15) is 0 Å². The van der Waals surface area contributed by atoms with Crippen LogP contribution in [0.3, 0.4) is 0 Å². The Morgan fingerprint density at radius 2 is 1.76 bits per heavy atom. The highest BCUT2D eigenvalue weighted by molar-refractivity contribution is 5.47. The molecule has 0 aromatic carbocycles. The van der Waals surface area contributed by atoms with Gasteiger partial charge < -0.3 is 15.6 Å². The fourth-order valence-corrected chi connectivity index (χ4v) is 2.27. The molecule has 6 nitrogen and oxygen atoms in total. The van der Waals surface area contributed by atoms with E-state index in [1.807, 2.05) is 6.07 Å². The van der Waals surface area contributed by atoms with Gasteiger partial charge in [-0.3, -0.25) is 0 Å². The molecule has 0 saturated carbocycles. The predicted octanol–water partition coefficient (Wildman–Crippen LogP) is 2.27. The van der Waals surface area contributed by atoms with Gasteiger partial charge in [-0.25, -0.2) is 15.8 Å². The number of hydrogen-bond acceptors (Lipinski definition) is 6. The number of hydrogen-bond donors (Lipinski definition) is 3. The molecule has 0 saturated heterocycles. The number of nitrogen functional groups attached to an aromatic ring is 1. The fourth-order valence-electron chi connectivity index (χ4n) is 2.27. The quantitative estimate of drug-likeness (QED) is 0.504. The number of nitrogens with two attached hydrogens (primary N) is 1. The molecule has 1 rings (SSSR count). The molecule has 1 aromatic rings. The van der Waals surface area contributed by atoms with Crippen LogP contribution in [0.4, 0.5) is 11.6 Å². The minimum Gasteiger partial charge on any atom is -0.366 e. The number of nitrogens with zero attached hydrogens (tertiary/aromatic N) is 3. The molecule has 0 fully saturated rings. The highest BCUT2D eigenvalue weighted by Gasteiger charge is 2.14. The van der Waals surface area contributed by atoms with Crippen molar-refractivity contribution in [2.45, 2.75) is 46.1 Å². The van der Waals surface area contributed by atoms with E-state index >= 15 is 0 Å². The monoisotopic (exact) mass is 294 g/mol. The van der Waals surface area contributed by atoms with E-state index in [-0.39, 0.29) is 5.92 Å². The average molecular weight is 294 g/mol. The summed E-state index contributed by atoms with van der Waals surface area (Å²) >= 11 is 0. The van der Waals surface area contributed by atoms with Crippen molar-refractivity contribution in [2.75, 3.05) is 31.4 Å². The van der Waals surface area contributed by atoms with E-state index in [1.54, 1.807) is 0 Å². The van der Waals surface area contributed by atoms with Gasteiger partial charge in [0.25, 0.3) is 0 Å². The molecular weight excluding hydrogens is 264 g/mol. The minimum atomic E-state index is 0.260. The second-order valence-corrected chi connectivity index (χ2v) is 6.53. The lowest BCUT2D eigenvalue weighted by Crippen LogP contribution is -2.34. The largest absolute Gasteiger partial charge is 0.366 e. The Morgan fingerprint density at radius 3 is 2.24 bits per heavy atom. The van der Waals surface area contributed by atoms with Crippen LogP contribution < -0.4 is 16.6 Å². The molecule has 21 heavy (non-hydrogen) atoms. The smallest absolute Gasteiger partial charge is 0.145 e. The molecule has 1 unspecified atom stereocenters. The van der Waals surface area contributed by atoms with Crippen LogP contribution >= 0.6 is 0 Å². The van der Waals surface area contributed by atoms with E-state index in [1.165, 1.54) is 0 Å². The lowest BCUT2D eigenvalue weighted by Gasteiger charge is -2.25. The summed E-state index contributed by atoms with van der Waals surface area (Å²) < 4.78 is 0. The van der Waals surface area contributed by atoms with Crippen molar-refractivity contribution in [3.8, 4) is 0 Å². The third-order valence-electron chi connectivity index (χ3n) is 3.10. The molecule has 4 N–H and O–H groups in total. The average Bonchev–Trinajstić information content (AvgIpc) is 2.36. The Morgan fingerprint density at radius 1 is 1.14 bits per heavy atom. The van der Waals surface area contributed by atoms with Crippen molar-refractivity contribution in [3.63, 3.8) is 0 Å². The first-order valence-corrected chi connectivity index (χ1v) is 7.58. The van der Waals surface area contributed by atoms with Gasteiger partial charge in [0, 0.05) is 24.6 Å². The van der Waals surface area contributed by atoms with Crippen LogP contribution in [-0.2, 0) is 0 Å². The van der Waals surface area contributed by atoms with Crippen molar-refractivity contribution in [2.24, 2.45) is 11.8 Å². The zero-order valence-corrected chi connectivity index (χ0v) is 14.1. The van der Waals surface area contributed by atoms with Crippen molar-refractivity contribution in [3.05, 3.63) is 11.9 Å². The van der Waals surface area contributed by atoms with Crippen LogP contribution in [-0.4, -0.2) is 41.5 Å². The maximum absolute atomic E-state index is 5.50. The standard InChI is InChI=1S/C15H30N6/c1-10(2)7-12(9-21(5)6)17-13-8-14(20-16)19-15(18-13)11(3)4/h8,10-12H,7,9,16H2,1-6H3,(H2,17,18,19,20). The first-order chi connectivity index (χ1) is 9.81.